The predicted octanol–water partition coefficient (Wildman–Crippen LogP) is 2.45. The Bertz CT molecular complexity index is 866. The third kappa shape index (κ3) is 3.32. The second-order valence-electron chi connectivity index (χ2n) is 6.96. The van der Waals surface area contributed by atoms with Gasteiger partial charge < -0.3 is 10.6 Å². The van der Waals surface area contributed by atoms with Crippen LogP contribution in [0.15, 0.2) is 35.2 Å². The number of hydrogen-bond acceptors (Lipinski definition) is 5. The van der Waals surface area contributed by atoms with Gasteiger partial charge in [-0.1, -0.05) is 31.4 Å². The maximum atomic E-state index is 12.8. The van der Waals surface area contributed by atoms with Gasteiger partial charge in [0.05, 0.1) is 17.2 Å². The molecule has 3 N–H and O–H groups in total. The average molecular weight is 384 g/mol. The second kappa shape index (κ2) is 7.11. The lowest BCUT2D eigenvalue weighted by atomic mass is 9.85. The van der Waals surface area contributed by atoms with E-state index in [1.165, 1.54) is 11.3 Å². The van der Waals surface area contributed by atoms with E-state index in [1.54, 1.807) is 17.6 Å². The number of aromatic nitrogens is 1. The van der Waals surface area contributed by atoms with E-state index in [4.69, 9.17) is 0 Å². The van der Waals surface area contributed by atoms with Gasteiger partial charge in [-0.15, -0.1) is 11.3 Å². The van der Waals surface area contributed by atoms with Crippen molar-refractivity contribution in [1.82, 2.24) is 20.9 Å². The molecule has 1 aliphatic heterocycles. The summed E-state index contributed by atoms with van der Waals surface area (Å²) in [6.45, 7) is 0. The first-order chi connectivity index (χ1) is 13.1. The highest BCUT2D eigenvalue weighted by Gasteiger charge is 2.52. The molecule has 1 saturated heterocycles. The molecule has 7 nitrogen and oxygen atoms in total. The van der Waals surface area contributed by atoms with E-state index in [9.17, 15) is 14.4 Å². The summed E-state index contributed by atoms with van der Waals surface area (Å²) < 4.78 is 0. The molecule has 1 saturated carbocycles. The zero-order valence-electron chi connectivity index (χ0n) is 14.7. The molecule has 2 unspecified atom stereocenters. The minimum absolute atomic E-state index is 0.250. The van der Waals surface area contributed by atoms with Gasteiger partial charge in [0.25, 0.3) is 11.8 Å². The van der Waals surface area contributed by atoms with Gasteiger partial charge >= 0.3 is 6.03 Å². The molecule has 1 aromatic carbocycles. The molecule has 1 spiro atoms. The Hall–Kier alpha value is -2.74. The smallest absolute Gasteiger partial charge is 0.322 e. The first-order valence-corrected chi connectivity index (χ1v) is 9.96. The van der Waals surface area contributed by atoms with Crippen LogP contribution in [0, 0.1) is 0 Å². The highest BCUT2D eigenvalue weighted by atomic mass is 32.1. The van der Waals surface area contributed by atoms with Crippen molar-refractivity contribution >= 4 is 29.2 Å². The van der Waals surface area contributed by atoms with Crippen LogP contribution < -0.4 is 16.0 Å². The number of amides is 4. The van der Waals surface area contributed by atoms with Crippen molar-refractivity contribution in [3.8, 4) is 11.3 Å². The van der Waals surface area contributed by atoms with E-state index in [0.29, 0.717) is 18.4 Å². The van der Waals surface area contributed by atoms with Crippen LogP contribution in [0.4, 0.5) is 4.79 Å². The molecule has 27 heavy (non-hydrogen) atoms. The van der Waals surface area contributed by atoms with Crippen molar-refractivity contribution in [2.75, 3.05) is 0 Å². The van der Waals surface area contributed by atoms with Crippen LogP contribution in [0.5, 0.6) is 0 Å². The Labute approximate surface area is 160 Å². The van der Waals surface area contributed by atoms with Crippen LogP contribution in [0.25, 0.3) is 11.3 Å². The number of nitrogens with zero attached hydrogens (tertiary/aromatic N) is 1. The van der Waals surface area contributed by atoms with E-state index in [1.807, 2.05) is 17.5 Å². The van der Waals surface area contributed by atoms with Gasteiger partial charge in [-0.05, 0) is 25.0 Å². The minimum atomic E-state index is -1.05. The molecule has 2 atom stereocenters. The predicted molar refractivity (Wildman–Crippen MR) is 101 cm³/mol. The summed E-state index contributed by atoms with van der Waals surface area (Å²) in [6, 6.07) is 6.29. The molecule has 1 aromatic heterocycles. The first-order valence-electron chi connectivity index (χ1n) is 9.01. The van der Waals surface area contributed by atoms with Crippen LogP contribution >= 0.6 is 11.3 Å². The number of carbonyl (C=O) groups is 3. The molecule has 8 heteroatoms. The van der Waals surface area contributed by atoms with E-state index < -0.39 is 17.6 Å². The van der Waals surface area contributed by atoms with E-state index in [-0.39, 0.29) is 11.8 Å². The van der Waals surface area contributed by atoms with Crippen LogP contribution in [0.3, 0.4) is 0 Å². The maximum absolute atomic E-state index is 12.8. The summed E-state index contributed by atoms with van der Waals surface area (Å²) in [7, 11) is 0. The molecule has 0 radical (unpaired) electrons. The number of imide groups is 1. The number of hydrogen-bond donors (Lipinski definition) is 3. The Balaban J connectivity index is 1.53. The highest BCUT2D eigenvalue weighted by Crippen LogP contribution is 2.30. The topological polar surface area (TPSA) is 100 Å². The molecular weight excluding hydrogens is 364 g/mol. The number of thiazole rings is 1. The maximum Gasteiger partial charge on any atom is 0.322 e. The van der Waals surface area contributed by atoms with Gasteiger partial charge in [-0.2, -0.15) is 0 Å². The second-order valence-corrected chi connectivity index (χ2v) is 7.67. The van der Waals surface area contributed by atoms with Gasteiger partial charge in [-0.3, -0.25) is 14.9 Å². The molecule has 140 valence electrons. The minimum Gasteiger partial charge on any atom is -0.346 e. The number of benzene rings is 1. The molecule has 2 aromatic rings. The van der Waals surface area contributed by atoms with Crippen LogP contribution in [-0.2, 0) is 4.79 Å². The molecular formula is C19H20N4O3S. The SMILES string of the molecule is O=C1NC(=O)C2(CCCCCC2NC(=O)c2ccc(-c3cscn3)cc2)N1. The average Bonchev–Trinajstić information content (AvgIpc) is 3.24. The fourth-order valence-corrected chi connectivity index (χ4v) is 4.42. The lowest BCUT2D eigenvalue weighted by molar-refractivity contribution is -0.125. The zero-order valence-corrected chi connectivity index (χ0v) is 15.5. The highest BCUT2D eigenvalue weighted by molar-refractivity contribution is 7.07. The third-order valence-corrected chi connectivity index (χ3v) is 5.89. The molecule has 1 aliphatic carbocycles. The van der Waals surface area contributed by atoms with E-state index in [2.05, 4.69) is 20.9 Å². The molecule has 2 heterocycles. The summed E-state index contributed by atoms with van der Waals surface area (Å²) in [5, 5.41) is 10.0. The zero-order chi connectivity index (χ0) is 18.9. The fourth-order valence-electron chi connectivity index (χ4n) is 3.86. The van der Waals surface area contributed by atoms with Crippen molar-refractivity contribution in [3.63, 3.8) is 0 Å². The first kappa shape index (κ1) is 17.7. The van der Waals surface area contributed by atoms with Crippen molar-refractivity contribution in [2.24, 2.45) is 0 Å². The quantitative estimate of drug-likeness (QED) is 0.708. The lowest BCUT2D eigenvalue weighted by Crippen LogP contribution is -2.62. The number of urea groups is 1. The Morgan fingerprint density at radius 3 is 2.67 bits per heavy atom. The Kier molecular flexibility index (Phi) is 4.65. The van der Waals surface area contributed by atoms with Crippen molar-refractivity contribution in [1.29, 1.82) is 0 Å². The van der Waals surface area contributed by atoms with E-state index in [0.717, 1.165) is 30.5 Å². The van der Waals surface area contributed by atoms with Crippen molar-refractivity contribution in [2.45, 2.75) is 43.7 Å². The standard InChI is InChI=1S/C19H20N4O3S/c24-16(13-7-5-12(6-8-13)14-10-27-11-20-14)21-15-4-2-1-3-9-19(15)17(25)22-18(26)23-19/h5-8,10-11,15H,1-4,9H2,(H,21,24)(H2,22,23,25,26). The number of carbonyl (C=O) groups excluding carboxylic acids is 3. The van der Waals surface area contributed by atoms with Gasteiger partial charge in [0.1, 0.15) is 5.54 Å². The Morgan fingerprint density at radius 2 is 2.00 bits per heavy atom. The van der Waals surface area contributed by atoms with Crippen molar-refractivity contribution in [3.05, 3.63) is 40.7 Å². The molecule has 4 amide bonds. The number of nitrogens with one attached hydrogen (secondary N) is 3. The molecule has 2 fully saturated rings. The van der Waals surface area contributed by atoms with Gasteiger partial charge in [0.2, 0.25) is 0 Å². The van der Waals surface area contributed by atoms with Gasteiger partial charge in [-0.25, -0.2) is 9.78 Å². The van der Waals surface area contributed by atoms with Crippen LogP contribution in [0.2, 0.25) is 0 Å². The Morgan fingerprint density at radius 1 is 1.19 bits per heavy atom. The third-order valence-electron chi connectivity index (χ3n) is 5.31. The summed E-state index contributed by atoms with van der Waals surface area (Å²) >= 11 is 1.52. The summed E-state index contributed by atoms with van der Waals surface area (Å²) in [5.74, 6) is -0.598. The molecule has 4 rings (SSSR count). The fraction of sp³-hybridized carbons (Fsp3) is 0.368. The van der Waals surface area contributed by atoms with Gasteiger partial charge in [0, 0.05) is 16.5 Å². The molecule has 0 bridgehead atoms. The monoisotopic (exact) mass is 384 g/mol. The van der Waals surface area contributed by atoms with E-state index >= 15 is 0 Å². The summed E-state index contributed by atoms with van der Waals surface area (Å²) in [4.78, 5) is 41.2. The largest absolute Gasteiger partial charge is 0.346 e. The lowest BCUT2D eigenvalue weighted by Gasteiger charge is -2.33. The number of rotatable bonds is 3. The summed E-state index contributed by atoms with van der Waals surface area (Å²) in [5.41, 5.74) is 3.05. The van der Waals surface area contributed by atoms with Crippen LogP contribution in [-0.4, -0.2) is 34.4 Å². The van der Waals surface area contributed by atoms with Crippen molar-refractivity contribution < 1.29 is 14.4 Å². The van der Waals surface area contributed by atoms with Crippen LogP contribution in [0.1, 0.15) is 42.5 Å². The molecule has 2 aliphatic rings. The normalized spacial score (nSPS) is 25.0. The van der Waals surface area contributed by atoms with Gasteiger partial charge in [0.15, 0.2) is 0 Å². The summed E-state index contributed by atoms with van der Waals surface area (Å²) in [6.07, 6.45) is 3.88.